The fourth-order valence-corrected chi connectivity index (χ4v) is 4.95. The summed E-state index contributed by atoms with van der Waals surface area (Å²) in [5, 5.41) is -0.308. The molecule has 0 aliphatic rings. The van der Waals surface area contributed by atoms with E-state index in [1.165, 1.54) is 0 Å². The second kappa shape index (κ2) is 9.19. The van der Waals surface area contributed by atoms with Gasteiger partial charge in [-0.15, -0.1) is 0 Å². The number of hydrogen-bond donors (Lipinski definition) is 0. The van der Waals surface area contributed by atoms with Crippen molar-refractivity contribution in [3.63, 3.8) is 0 Å². The number of hydrogen-bond acceptors (Lipinski definition) is 5. The minimum absolute atomic E-state index is 0.0914. The van der Waals surface area contributed by atoms with Gasteiger partial charge in [0.1, 0.15) is 0 Å². The first-order valence-electron chi connectivity index (χ1n) is 11.0. The third-order valence-corrected chi connectivity index (χ3v) is 20.4. The monoisotopic (exact) mass is 476 g/mol. The summed E-state index contributed by atoms with van der Waals surface area (Å²) in [6.07, 6.45) is -1.04. The van der Waals surface area contributed by atoms with Crippen LogP contribution in [0.15, 0.2) is 0 Å². The van der Waals surface area contributed by atoms with Gasteiger partial charge in [-0.05, 0) is 54.4 Å². The molecule has 5 nitrogen and oxygen atoms in total. The fraction of sp³-hybridized carbons (Fsp3) is 0.909. The third kappa shape index (κ3) is 7.91. The molecule has 0 N–H and O–H groups in total. The van der Waals surface area contributed by atoms with Crippen LogP contribution in [0.2, 0.25) is 54.4 Å². The molecule has 0 aliphatic carbocycles. The zero-order valence-corrected chi connectivity index (χ0v) is 25.3. The summed E-state index contributed by atoms with van der Waals surface area (Å²) in [4.78, 5) is 26.1. The Hall–Kier alpha value is -0.449. The largest absolute Gasteiger partial charge is 0.519 e. The minimum Gasteiger partial charge on any atom is -0.519 e. The van der Waals surface area contributed by atoms with Crippen LogP contribution in [0.25, 0.3) is 0 Å². The zero-order valence-electron chi connectivity index (χ0n) is 22.3. The molecule has 0 rings (SSSR count). The van der Waals surface area contributed by atoms with E-state index >= 15 is 0 Å². The summed E-state index contributed by atoms with van der Waals surface area (Å²) in [5.74, 6) is -0.809. The van der Waals surface area contributed by atoms with E-state index in [1.807, 2.05) is 26.2 Å². The van der Waals surface area contributed by atoms with Gasteiger partial charge in [-0.25, -0.2) is 0 Å². The SMILES string of the molecule is CC(C)(C)[Si](C)(C)OC(=O)CC(O[Si](C)(C)C(C)(C)C)C(=O)O[Si](C)(C)C(C)(C)C. The summed E-state index contributed by atoms with van der Waals surface area (Å²) in [7, 11) is -6.91. The predicted molar refractivity (Wildman–Crippen MR) is 133 cm³/mol. The second-order valence-electron chi connectivity index (χ2n) is 13.0. The van der Waals surface area contributed by atoms with Crippen molar-refractivity contribution >= 4 is 36.9 Å². The van der Waals surface area contributed by atoms with Crippen LogP contribution in [0.5, 0.6) is 0 Å². The molecule has 1 unspecified atom stereocenters. The van der Waals surface area contributed by atoms with Crippen LogP contribution in [0, 0.1) is 0 Å². The Kier molecular flexibility index (Phi) is 9.06. The average molecular weight is 477 g/mol. The van der Waals surface area contributed by atoms with E-state index in [9.17, 15) is 9.59 Å². The van der Waals surface area contributed by atoms with Crippen LogP contribution in [0.4, 0.5) is 0 Å². The van der Waals surface area contributed by atoms with Crippen LogP contribution in [-0.2, 0) is 22.9 Å². The molecule has 30 heavy (non-hydrogen) atoms. The van der Waals surface area contributed by atoms with E-state index < -0.39 is 37.0 Å². The van der Waals surface area contributed by atoms with Crippen LogP contribution in [0.3, 0.4) is 0 Å². The maximum atomic E-state index is 13.2. The van der Waals surface area contributed by atoms with Gasteiger partial charge < -0.3 is 13.3 Å². The Morgan fingerprint density at radius 2 is 0.967 bits per heavy atom. The number of carbonyl (C=O) groups excluding carboxylic acids is 2. The Labute approximate surface area is 189 Å². The van der Waals surface area contributed by atoms with Crippen molar-refractivity contribution in [2.24, 2.45) is 0 Å². The highest BCUT2D eigenvalue weighted by atomic mass is 28.4. The maximum absolute atomic E-state index is 13.2. The van der Waals surface area contributed by atoms with Gasteiger partial charge in [0.25, 0.3) is 22.6 Å². The summed E-state index contributed by atoms with van der Waals surface area (Å²) in [6, 6.07) is 0. The molecule has 0 bridgehead atoms. The van der Waals surface area contributed by atoms with Crippen LogP contribution in [0.1, 0.15) is 68.7 Å². The van der Waals surface area contributed by atoms with Gasteiger partial charge in [-0.2, -0.15) is 0 Å². The van der Waals surface area contributed by atoms with Gasteiger partial charge in [0.05, 0.1) is 6.42 Å². The van der Waals surface area contributed by atoms with E-state index in [4.69, 9.17) is 13.3 Å². The first kappa shape index (κ1) is 29.6. The summed E-state index contributed by atoms with van der Waals surface area (Å²) < 4.78 is 18.3. The average Bonchev–Trinajstić information content (AvgIpc) is 2.41. The first-order chi connectivity index (χ1) is 12.8. The lowest BCUT2D eigenvalue weighted by Gasteiger charge is -2.41. The molecule has 0 saturated heterocycles. The molecule has 178 valence electrons. The van der Waals surface area contributed by atoms with Crippen LogP contribution >= 0.6 is 0 Å². The van der Waals surface area contributed by atoms with Gasteiger partial charge in [0.2, 0.25) is 0 Å². The lowest BCUT2D eigenvalue weighted by Crippen LogP contribution is -2.51. The standard InChI is InChI=1S/C22H48O5Si3/c1-20(2,3)28(10,11)25-17(19(24)27-30(14,15)22(7,8)9)16-18(23)26-29(12,13)21(4,5)6/h17H,16H2,1-15H3. The Balaban J connectivity index is 5.76. The van der Waals surface area contributed by atoms with Crippen molar-refractivity contribution in [2.45, 2.75) is 129 Å². The van der Waals surface area contributed by atoms with E-state index in [0.29, 0.717) is 0 Å². The van der Waals surface area contributed by atoms with Gasteiger partial charge in [-0.3, -0.25) is 9.59 Å². The van der Waals surface area contributed by atoms with Gasteiger partial charge in [0, 0.05) is 0 Å². The maximum Gasteiger partial charge on any atom is 0.321 e. The molecular formula is C22H48O5Si3. The summed E-state index contributed by atoms with van der Waals surface area (Å²) in [5.41, 5.74) is 0. The molecule has 0 radical (unpaired) electrons. The van der Waals surface area contributed by atoms with Crippen molar-refractivity contribution in [3.05, 3.63) is 0 Å². The summed E-state index contributed by atoms with van der Waals surface area (Å²) in [6.45, 7) is 31.1. The molecular weight excluding hydrogens is 428 g/mol. The lowest BCUT2D eigenvalue weighted by atomic mass is 10.2. The molecule has 0 aromatic heterocycles. The molecule has 0 aromatic rings. The van der Waals surface area contributed by atoms with E-state index in [2.05, 4.69) is 75.4 Å². The lowest BCUT2D eigenvalue weighted by molar-refractivity contribution is -0.150. The van der Waals surface area contributed by atoms with Gasteiger partial charge in [-0.1, -0.05) is 62.3 Å². The highest BCUT2D eigenvalue weighted by Crippen LogP contribution is 2.40. The molecule has 0 heterocycles. The van der Waals surface area contributed by atoms with Gasteiger partial charge in [0.15, 0.2) is 14.4 Å². The van der Waals surface area contributed by atoms with E-state index in [1.54, 1.807) is 0 Å². The van der Waals surface area contributed by atoms with Crippen LogP contribution < -0.4 is 0 Å². The smallest absolute Gasteiger partial charge is 0.321 e. The Morgan fingerprint density at radius 1 is 0.633 bits per heavy atom. The van der Waals surface area contributed by atoms with E-state index in [-0.39, 0.29) is 27.5 Å². The topological polar surface area (TPSA) is 61.8 Å². The van der Waals surface area contributed by atoms with Gasteiger partial charge >= 0.3 is 5.97 Å². The quantitative estimate of drug-likeness (QED) is 0.375. The molecule has 1 atom stereocenters. The molecule has 0 aliphatic heterocycles. The summed E-state index contributed by atoms with van der Waals surface area (Å²) >= 11 is 0. The van der Waals surface area contributed by atoms with Crippen molar-refractivity contribution in [2.75, 3.05) is 0 Å². The molecule has 8 heteroatoms. The normalized spacial score (nSPS) is 15.6. The zero-order chi connectivity index (χ0) is 24.6. The van der Waals surface area contributed by atoms with Crippen molar-refractivity contribution in [1.29, 1.82) is 0 Å². The predicted octanol–water partition coefficient (Wildman–Crippen LogP) is 6.86. The molecule has 0 amide bonds. The molecule has 0 saturated carbocycles. The Morgan fingerprint density at radius 3 is 1.30 bits per heavy atom. The number of rotatable bonds is 7. The van der Waals surface area contributed by atoms with Crippen molar-refractivity contribution in [3.8, 4) is 0 Å². The fourth-order valence-electron chi connectivity index (χ4n) is 1.81. The van der Waals surface area contributed by atoms with Crippen molar-refractivity contribution < 1.29 is 22.9 Å². The molecule has 0 aromatic carbocycles. The second-order valence-corrected chi connectivity index (χ2v) is 27.2. The Bertz CT molecular complexity index is 620. The molecule has 0 spiro atoms. The highest BCUT2D eigenvalue weighted by Gasteiger charge is 2.46. The van der Waals surface area contributed by atoms with Crippen LogP contribution in [-0.4, -0.2) is 43.0 Å². The first-order valence-corrected chi connectivity index (χ1v) is 19.7. The minimum atomic E-state index is -2.34. The molecule has 0 fully saturated rings. The highest BCUT2D eigenvalue weighted by molar-refractivity contribution is 6.76. The van der Waals surface area contributed by atoms with E-state index in [0.717, 1.165) is 0 Å². The third-order valence-electron chi connectivity index (χ3n) is 7.20. The van der Waals surface area contributed by atoms with Crippen molar-refractivity contribution in [1.82, 2.24) is 0 Å². The number of carbonyl (C=O) groups is 2.